The Kier molecular flexibility index (Phi) is 5.76. The molecule has 9 nitrogen and oxygen atoms in total. The molecule has 0 saturated carbocycles. The number of hydrogen-bond donors (Lipinski definition) is 2. The molecule has 0 aliphatic carbocycles. The Hall–Kier alpha value is -3.44. The number of hydrogen-bond acceptors (Lipinski definition) is 6. The smallest absolute Gasteiger partial charge is 0.280 e. The molecule has 3 aromatic rings. The lowest BCUT2D eigenvalue weighted by Gasteiger charge is -2.11. The largest absolute Gasteiger partial charge is 0.289 e. The van der Waals surface area contributed by atoms with E-state index in [1.165, 1.54) is 48.5 Å². The molecule has 11 heteroatoms. The third-order valence-corrected chi connectivity index (χ3v) is 6.90. The van der Waals surface area contributed by atoms with Crippen molar-refractivity contribution in [2.45, 2.75) is 16.7 Å². The molecule has 0 amide bonds. The molecule has 0 atom stereocenters. The van der Waals surface area contributed by atoms with E-state index in [1.807, 2.05) is 6.92 Å². The van der Waals surface area contributed by atoms with Crippen LogP contribution in [0.5, 0.6) is 0 Å². The van der Waals surface area contributed by atoms with Crippen LogP contribution in [0.25, 0.3) is 0 Å². The fourth-order valence-corrected chi connectivity index (χ4v) is 4.87. The van der Waals surface area contributed by atoms with E-state index in [2.05, 4.69) is 9.44 Å². The predicted molar refractivity (Wildman–Crippen MR) is 112 cm³/mol. The number of sulfonamides is 2. The molecular formula is C19H17N3O6S2. The number of para-hydroxylation sites is 1. The molecule has 0 radical (unpaired) electrons. The highest BCUT2D eigenvalue weighted by Gasteiger charge is 2.25. The molecular weight excluding hydrogens is 430 g/mol. The van der Waals surface area contributed by atoms with Crippen molar-refractivity contribution in [2.75, 3.05) is 9.44 Å². The van der Waals surface area contributed by atoms with Gasteiger partial charge < -0.3 is 0 Å². The van der Waals surface area contributed by atoms with Crippen molar-refractivity contribution >= 4 is 37.1 Å². The number of anilines is 2. The first-order valence-corrected chi connectivity index (χ1v) is 11.5. The van der Waals surface area contributed by atoms with E-state index in [4.69, 9.17) is 0 Å². The predicted octanol–water partition coefficient (Wildman–Crippen LogP) is 3.50. The number of nitrogens with zero attached hydrogens (tertiary/aromatic N) is 1. The zero-order chi connectivity index (χ0) is 21.9. The molecule has 156 valence electrons. The summed E-state index contributed by atoms with van der Waals surface area (Å²) in [5, 5.41) is 11.1. The Morgan fingerprint density at radius 3 is 1.77 bits per heavy atom. The van der Waals surface area contributed by atoms with E-state index in [9.17, 15) is 26.9 Å². The lowest BCUT2D eigenvalue weighted by atomic mass is 10.2. The van der Waals surface area contributed by atoms with Crippen molar-refractivity contribution in [2.24, 2.45) is 0 Å². The van der Waals surface area contributed by atoms with Gasteiger partial charge in [-0.05, 0) is 49.4 Å². The standard InChI is InChI=1S/C19H17N3O6S2/c1-14-6-12-17(13-7-14)29(25,26)20-15-8-10-16(11-9-15)21-30(27,28)19-5-3-2-4-18(19)22(23)24/h2-13,20-21H,1H3. The van der Waals surface area contributed by atoms with Gasteiger partial charge in [0.25, 0.3) is 25.7 Å². The van der Waals surface area contributed by atoms with Crippen molar-refractivity contribution in [3.63, 3.8) is 0 Å². The molecule has 0 bridgehead atoms. The van der Waals surface area contributed by atoms with Crippen LogP contribution in [0.15, 0.2) is 82.6 Å². The van der Waals surface area contributed by atoms with Gasteiger partial charge in [-0.1, -0.05) is 29.8 Å². The Morgan fingerprint density at radius 1 is 0.733 bits per heavy atom. The van der Waals surface area contributed by atoms with E-state index in [0.717, 1.165) is 17.7 Å². The second-order valence-electron chi connectivity index (χ2n) is 6.33. The summed E-state index contributed by atoms with van der Waals surface area (Å²) in [4.78, 5) is 9.92. The minimum absolute atomic E-state index is 0.0919. The minimum Gasteiger partial charge on any atom is -0.280 e. The van der Waals surface area contributed by atoms with Crippen molar-refractivity contribution in [1.29, 1.82) is 0 Å². The summed E-state index contributed by atoms with van der Waals surface area (Å²) in [6, 6.07) is 16.7. The summed E-state index contributed by atoms with van der Waals surface area (Å²) in [5.74, 6) is 0. The van der Waals surface area contributed by atoms with E-state index < -0.39 is 35.6 Å². The zero-order valence-corrected chi connectivity index (χ0v) is 17.3. The third kappa shape index (κ3) is 4.75. The number of nitro groups is 1. The summed E-state index contributed by atoms with van der Waals surface area (Å²) in [7, 11) is -8.01. The summed E-state index contributed by atoms with van der Waals surface area (Å²) in [6.07, 6.45) is 0. The monoisotopic (exact) mass is 447 g/mol. The third-order valence-electron chi connectivity index (χ3n) is 4.07. The Labute approximate surface area is 173 Å². The molecule has 0 aromatic heterocycles. The van der Waals surface area contributed by atoms with Gasteiger partial charge in [0.2, 0.25) is 0 Å². The van der Waals surface area contributed by atoms with Gasteiger partial charge in [0.05, 0.1) is 9.82 Å². The normalized spacial score (nSPS) is 11.6. The molecule has 0 saturated heterocycles. The fourth-order valence-electron chi connectivity index (χ4n) is 2.58. The Balaban J connectivity index is 1.79. The first-order chi connectivity index (χ1) is 14.1. The minimum atomic E-state index is -4.21. The molecule has 0 heterocycles. The lowest BCUT2D eigenvalue weighted by Crippen LogP contribution is -2.15. The Bertz CT molecular complexity index is 1290. The van der Waals surface area contributed by atoms with Crippen LogP contribution in [0.2, 0.25) is 0 Å². The van der Waals surface area contributed by atoms with Crippen molar-refractivity contribution < 1.29 is 21.8 Å². The van der Waals surface area contributed by atoms with Crippen LogP contribution in [-0.4, -0.2) is 21.8 Å². The van der Waals surface area contributed by atoms with E-state index in [-0.39, 0.29) is 16.3 Å². The number of rotatable bonds is 7. The summed E-state index contributed by atoms with van der Waals surface area (Å²) in [5.41, 5.74) is 0.715. The molecule has 0 aliphatic rings. The SMILES string of the molecule is Cc1ccc(S(=O)(=O)Nc2ccc(NS(=O)(=O)c3ccccc3[N+](=O)[O-])cc2)cc1. The van der Waals surface area contributed by atoms with Crippen LogP contribution in [0.1, 0.15) is 5.56 Å². The highest BCUT2D eigenvalue weighted by atomic mass is 32.2. The van der Waals surface area contributed by atoms with E-state index in [1.54, 1.807) is 12.1 Å². The van der Waals surface area contributed by atoms with Crippen LogP contribution in [-0.2, 0) is 20.0 Å². The lowest BCUT2D eigenvalue weighted by molar-refractivity contribution is -0.387. The molecule has 30 heavy (non-hydrogen) atoms. The van der Waals surface area contributed by atoms with Crippen molar-refractivity contribution in [3.8, 4) is 0 Å². The summed E-state index contributed by atoms with van der Waals surface area (Å²) < 4.78 is 54.6. The van der Waals surface area contributed by atoms with Crippen LogP contribution >= 0.6 is 0 Å². The van der Waals surface area contributed by atoms with Crippen molar-refractivity contribution in [1.82, 2.24) is 0 Å². The van der Waals surface area contributed by atoms with Gasteiger partial charge in [-0.3, -0.25) is 19.6 Å². The van der Waals surface area contributed by atoms with Crippen LogP contribution in [0.3, 0.4) is 0 Å². The molecule has 0 aliphatic heterocycles. The van der Waals surface area contributed by atoms with Gasteiger partial charge in [-0.15, -0.1) is 0 Å². The second kappa shape index (κ2) is 8.13. The summed E-state index contributed by atoms with van der Waals surface area (Å²) in [6.45, 7) is 1.84. The van der Waals surface area contributed by atoms with Gasteiger partial charge in [0, 0.05) is 17.4 Å². The Morgan fingerprint density at radius 2 is 1.23 bits per heavy atom. The molecule has 2 N–H and O–H groups in total. The number of benzene rings is 3. The highest BCUT2D eigenvalue weighted by Crippen LogP contribution is 2.26. The average Bonchev–Trinajstić information content (AvgIpc) is 2.69. The van der Waals surface area contributed by atoms with Crippen molar-refractivity contribution in [3.05, 3.63) is 88.5 Å². The summed E-state index contributed by atoms with van der Waals surface area (Å²) >= 11 is 0. The van der Waals surface area contributed by atoms with Crippen LogP contribution < -0.4 is 9.44 Å². The molecule has 0 fully saturated rings. The van der Waals surface area contributed by atoms with Gasteiger partial charge in [0.15, 0.2) is 4.90 Å². The first-order valence-electron chi connectivity index (χ1n) is 8.54. The highest BCUT2D eigenvalue weighted by molar-refractivity contribution is 7.93. The molecule has 0 unspecified atom stereocenters. The van der Waals surface area contributed by atoms with E-state index >= 15 is 0 Å². The second-order valence-corrected chi connectivity index (χ2v) is 9.66. The fraction of sp³-hybridized carbons (Fsp3) is 0.0526. The average molecular weight is 447 g/mol. The first kappa shape index (κ1) is 21.3. The molecule has 3 rings (SSSR count). The zero-order valence-electron chi connectivity index (χ0n) is 15.6. The van der Waals surface area contributed by atoms with Crippen LogP contribution in [0, 0.1) is 17.0 Å². The maximum absolute atomic E-state index is 12.5. The number of nitro benzene ring substituents is 1. The topological polar surface area (TPSA) is 135 Å². The van der Waals surface area contributed by atoms with E-state index in [0.29, 0.717) is 0 Å². The van der Waals surface area contributed by atoms with Crippen LogP contribution in [0.4, 0.5) is 17.1 Å². The maximum Gasteiger partial charge on any atom is 0.289 e. The number of aryl methyl sites for hydroxylation is 1. The maximum atomic E-state index is 12.5. The van der Waals surface area contributed by atoms with Gasteiger partial charge in [-0.25, -0.2) is 16.8 Å². The van der Waals surface area contributed by atoms with Gasteiger partial charge >= 0.3 is 0 Å². The molecule has 0 spiro atoms. The quantitative estimate of drug-likeness (QED) is 0.420. The molecule has 3 aromatic carbocycles. The number of nitrogens with one attached hydrogen (secondary N) is 2. The van der Waals surface area contributed by atoms with Gasteiger partial charge in [-0.2, -0.15) is 0 Å². The van der Waals surface area contributed by atoms with Gasteiger partial charge in [0.1, 0.15) is 0 Å².